The SMILES string of the molecule is CC(=O)Nc1nc(C)c(-c2cc(S(=O)(=O)Cl)sc2Br)s1.CC(=O)Nc1nc(C)c(-c2cc(S(=O)(=O)N3CCCC(O)C3)sc2Br)s1. The Balaban J connectivity index is 0.000000216. The van der Waals surface area contributed by atoms with Crippen LogP contribution in [-0.4, -0.2) is 67.2 Å². The minimum Gasteiger partial charge on any atom is -0.392 e. The molecule has 0 saturated carbocycles. The lowest BCUT2D eigenvalue weighted by Gasteiger charge is -2.28. The molecule has 5 rings (SSSR count). The lowest BCUT2D eigenvalue weighted by atomic mass is 10.1. The molecule has 21 heteroatoms. The van der Waals surface area contributed by atoms with Gasteiger partial charge in [-0.25, -0.2) is 26.8 Å². The maximum Gasteiger partial charge on any atom is 0.270 e. The molecule has 1 aliphatic rings. The summed E-state index contributed by atoms with van der Waals surface area (Å²) in [4.78, 5) is 32.4. The Bertz CT molecular complexity index is 2010. The lowest BCUT2D eigenvalue weighted by molar-refractivity contribution is -0.115. The first kappa shape index (κ1) is 37.5. The average molecular weight is 896 g/mol. The summed E-state index contributed by atoms with van der Waals surface area (Å²) in [6.07, 6.45) is 0.649. The number of thiazole rings is 2. The first-order chi connectivity index (χ1) is 21.4. The van der Waals surface area contributed by atoms with E-state index in [4.69, 9.17) is 10.7 Å². The van der Waals surface area contributed by atoms with Crippen LogP contribution in [0.3, 0.4) is 0 Å². The van der Waals surface area contributed by atoms with Crippen LogP contribution in [-0.2, 0) is 28.7 Å². The van der Waals surface area contributed by atoms with E-state index >= 15 is 0 Å². The van der Waals surface area contributed by atoms with E-state index in [1.54, 1.807) is 13.0 Å². The van der Waals surface area contributed by atoms with Crippen molar-refractivity contribution in [2.45, 2.75) is 55.1 Å². The Labute approximate surface area is 303 Å². The van der Waals surface area contributed by atoms with Gasteiger partial charge in [0.05, 0.1) is 34.8 Å². The van der Waals surface area contributed by atoms with Gasteiger partial charge in [0.1, 0.15) is 8.42 Å². The van der Waals surface area contributed by atoms with Crippen LogP contribution in [0.15, 0.2) is 28.1 Å². The third kappa shape index (κ3) is 9.01. The first-order valence-corrected chi connectivity index (χ1v) is 21.7. The number of carbonyl (C=O) groups is 2. The number of carbonyl (C=O) groups excluding carboxylic acids is 2. The third-order valence-electron chi connectivity index (χ3n) is 6.17. The Hall–Kier alpha value is -1.33. The van der Waals surface area contributed by atoms with Gasteiger partial charge in [0.25, 0.3) is 19.1 Å². The van der Waals surface area contributed by atoms with E-state index in [-0.39, 0.29) is 26.8 Å². The largest absolute Gasteiger partial charge is 0.392 e. The lowest BCUT2D eigenvalue weighted by Crippen LogP contribution is -2.41. The predicted octanol–water partition coefficient (Wildman–Crippen LogP) is 6.87. The molecule has 2 amide bonds. The van der Waals surface area contributed by atoms with Gasteiger partial charge in [-0.2, -0.15) is 4.31 Å². The van der Waals surface area contributed by atoms with Gasteiger partial charge in [0, 0.05) is 48.7 Å². The third-order valence-corrected chi connectivity index (χ3v) is 16.4. The number of rotatable bonds is 7. The Morgan fingerprint density at radius 1 is 0.891 bits per heavy atom. The zero-order valence-corrected chi connectivity index (χ0v) is 33.2. The molecule has 1 fully saturated rings. The highest BCUT2D eigenvalue weighted by atomic mass is 79.9. The molecule has 12 nitrogen and oxygen atoms in total. The molecule has 46 heavy (non-hydrogen) atoms. The summed E-state index contributed by atoms with van der Waals surface area (Å²) in [6, 6.07) is 3.12. The summed E-state index contributed by atoms with van der Waals surface area (Å²) in [6.45, 7) is 6.95. The van der Waals surface area contributed by atoms with E-state index in [9.17, 15) is 31.5 Å². The molecule has 0 spiro atoms. The van der Waals surface area contributed by atoms with Crippen molar-refractivity contribution in [1.82, 2.24) is 14.3 Å². The second-order valence-electron chi connectivity index (χ2n) is 9.83. The van der Waals surface area contributed by atoms with Crippen LogP contribution in [0.2, 0.25) is 0 Å². The summed E-state index contributed by atoms with van der Waals surface area (Å²) in [7, 11) is -2.08. The van der Waals surface area contributed by atoms with E-state index in [2.05, 4.69) is 52.5 Å². The van der Waals surface area contributed by atoms with Crippen LogP contribution in [0.4, 0.5) is 10.3 Å². The van der Waals surface area contributed by atoms with E-state index < -0.39 is 25.2 Å². The zero-order chi connectivity index (χ0) is 34.1. The van der Waals surface area contributed by atoms with Gasteiger partial charge >= 0.3 is 0 Å². The minimum atomic E-state index is -3.76. The number of hydrogen-bond donors (Lipinski definition) is 3. The van der Waals surface area contributed by atoms with Gasteiger partial charge in [-0.15, -0.1) is 22.7 Å². The molecule has 0 aromatic carbocycles. The summed E-state index contributed by atoms with van der Waals surface area (Å²) in [5.41, 5.74) is 2.85. The van der Waals surface area contributed by atoms with Crippen molar-refractivity contribution in [1.29, 1.82) is 0 Å². The molecule has 0 radical (unpaired) electrons. The number of nitrogens with zero attached hydrogens (tertiary/aromatic N) is 3. The maximum absolute atomic E-state index is 12.9. The number of thiophene rings is 2. The summed E-state index contributed by atoms with van der Waals surface area (Å²) < 4.78 is 51.5. The molecular formula is C25H26Br2ClN5O7S6. The van der Waals surface area contributed by atoms with E-state index in [0.29, 0.717) is 48.5 Å². The average Bonchev–Trinajstić information content (AvgIpc) is 3.69. The maximum atomic E-state index is 12.9. The van der Waals surface area contributed by atoms with Gasteiger partial charge in [-0.1, -0.05) is 22.7 Å². The zero-order valence-electron chi connectivity index (χ0n) is 24.4. The monoisotopic (exact) mass is 893 g/mol. The van der Waals surface area contributed by atoms with Crippen molar-refractivity contribution >= 4 is 129 Å². The predicted molar refractivity (Wildman–Crippen MR) is 191 cm³/mol. The first-order valence-electron chi connectivity index (χ1n) is 13.1. The molecule has 1 atom stereocenters. The standard InChI is InChI=1S/C15H18BrN3O4S3.C10H8BrClN2O3S3/c1-8-13(25-15(17-8)18-9(2)20)11-6-12(24-14(11)16)26(22,23)19-5-3-4-10(21)7-19;1-4-8(19-10(13-4)14-5(2)15)6-3-7(18-9(6)11)20(12,16)17/h6,10,21H,3-5,7H2,1-2H3,(H,17,18,20);3H,1-2H3,(H,13,14,15). The highest BCUT2D eigenvalue weighted by molar-refractivity contribution is 9.11. The van der Waals surface area contributed by atoms with Gasteiger partial charge < -0.3 is 15.7 Å². The summed E-state index contributed by atoms with van der Waals surface area (Å²) >= 11 is 11.5. The Kier molecular flexibility index (Phi) is 12.3. The highest BCUT2D eigenvalue weighted by Crippen LogP contribution is 2.45. The van der Waals surface area contributed by atoms with Crippen molar-refractivity contribution in [2.24, 2.45) is 0 Å². The fraction of sp³-hybridized carbons (Fsp3) is 0.360. The van der Waals surface area contributed by atoms with E-state index in [0.717, 1.165) is 43.7 Å². The number of anilines is 2. The second kappa shape index (κ2) is 15.1. The summed E-state index contributed by atoms with van der Waals surface area (Å²) in [5, 5.41) is 16.0. The number of amides is 2. The van der Waals surface area contributed by atoms with Crippen LogP contribution < -0.4 is 10.6 Å². The minimum absolute atomic E-state index is 0.0647. The molecule has 4 aromatic heterocycles. The number of hydrogen-bond acceptors (Lipinski definition) is 13. The molecular weight excluding hydrogens is 870 g/mol. The number of halogens is 3. The molecule has 250 valence electrons. The van der Waals surface area contributed by atoms with Gasteiger partial charge in [0.2, 0.25) is 11.8 Å². The number of β-amino-alcohol motifs (C(OH)–C–C–N with tert-alkyl or cyclic N) is 1. The molecule has 0 bridgehead atoms. The fourth-order valence-corrected chi connectivity index (χ4v) is 13.8. The normalized spacial score (nSPS) is 15.7. The van der Waals surface area contributed by atoms with E-state index in [1.807, 2.05) is 6.92 Å². The fourth-order valence-electron chi connectivity index (χ4n) is 4.22. The van der Waals surface area contributed by atoms with Gasteiger partial charge in [0.15, 0.2) is 10.3 Å². The van der Waals surface area contributed by atoms with Crippen LogP contribution in [0.5, 0.6) is 0 Å². The van der Waals surface area contributed by atoms with Crippen LogP contribution in [0.25, 0.3) is 20.9 Å². The number of nitrogens with one attached hydrogen (secondary N) is 2. The quantitative estimate of drug-likeness (QED) is 0.167. The van der Waals surface area contributed by atoms with Crippen LogP contribution in [0, 0.1) is 13.8 Å². The number of piperidine rings is 1. The van der Waals surface area contributed by atoms with Gasteiger partial charge in [-0.3, -0.25) is 9.59 Å². The Morgan fingerprint density at radius 3 is 1.76 bits per heavy atom. The second-order valence-corrected chi connectivity index (χ2v) is 21.5. The van der Waals surface area contributed by atoms with Gasteiger partial charge in [-0.05, 0) is 70.7 Å². The van der Waals surface area contributed by atoms with Crippen molar-refractivity contribution in [2.75, 3.05) is 23.7 Å². The van der Waals surface area contributed by atoms with Crippen LogP contribution in [0.1, 0.15) is 38.1 Å². The van der Waals surface area contributed by atoms with Crippen molar-refractivity contribution in [3.05, 3.63) is 31.1 Å². The van der Waals surface area contributed by atoms with Crippen LogP contribution >= 0.6 is 87.9 Å². The molecule has 5 heterocycles. The number of aromatic nitrogens is 2. The van der Waals surface area contributed by atoms with Crippen molar-refractivity contribution in [3.8, 4) is 20.9 Å². The van der Waals surface area contributed by atoms with Crippen molar-refractivity contribution < 1.29 is 31.5 Å². The topological polar surface area (TPSA) is 176 Å². The highest BCUT2D eigenvalue weighted by Gasteiger charge is 2.32. The number of aliphatic hydroxyl groups excluding tert-OH is 1. The Morgan fingerprint density at radius 2 is 1.35 bits per heavy atom. The molecule has 1 aliphatic heterocycles. The number of aryl methyl sites for hydroxylation is 2. The van der Waals surface area contributed by atoms with Crippen molar-refractivity contribution in [3.63, 3.8) is 0 Å². The molecule has 3 N–H and O–H groups in total. The molecule has 1 saturated heterocycles. The number of aliphatic hydroxyl groups is 1. The molecule has 1 unspecified atom stereocenters. The number of sulfonamides is 1. The molecule has 0 aliphatic carbocycles. The molecule has 4 aromatic rings. The smallest absolute Gasteiger partial charge is 0.270 e. The van der Waals surface area contributed by atoms with E-state index in [1.165, 1.54) is 46.9 Å². The summed E-state index contributed by atoms with van der Waals surface area (Å²) in [5.74, 6) is -0.416.